The van der Waals surface area contributed by atoms with Crippen LogP contribution >= 0.6 is 0 Å². The highest BCUT2D eigenvalue weighted by Crippen LogP contribution is 2.40. The third-order valence-electron chi connectivity index (χ3n) is 5.72. The van der Waals surface area contributed by atoms with Crippen molar-refractivity contribution in [2.75, 3.05) is 36.5 Å². The van der Waals surface area contributed by atoms with Crippen LogP contribution in [0.3, 0.4) is 0 Å². The number of rotatable bonds is 2. The first-order valence-electron chi connectivity index (χ1n) is 9.82. The van der Waals surface area contributed by atoms with E-state index in [1.165, 1.54) is 0 Å². The molecule has 0 unspecified atom stereocenters. The Labute approximate surface area is 172 Å². The summed E-state index contributed by atoms with van der Waals surface area (Å²) in [7, 11) is 0. The van der Waals surface area contributed by atoms with Gasteiger partial charge in [0.25, 0.3) is 5.56 Å². The summed E-state index contributed by atoms with van der Waals surface area (Å²) in [6.07, 6.45) is 0. The average molecular weight is 401 g/mol. The molecule has 0 saturated carbocycles. The van der Waals surface area contributed by atoms with Crippen molar-refractivity contribution in [2.24, 2.45) is 5.92 Å². The fourth-order valence-corrected chi connectivity index (χ4v) is 4.28. The van der Waals surface area contributed by atoms with Crippen LogP contribution in [0, 0.1) is 17.2 Å². The number of nitrogens with zero attached hydrogens (tertiary/aromatic N) is 3. The van der Waals surface area contributed by atoms with Crippen molar-refractivity contribution < 1.29 is 9.53 Å². The summed E-state index contributed by atoms with van der Waals surface area (Å²) in [5.41, 5.74) is 0.733. The summed E-state index contributed by atoms with van der Waals surface area (Å²) < 4.78 is 5.36. The molecule has 0 bridgehead atoms. The molecular weight excluding hydrogens is 382 g/mol. The largest absolute Gasteiger partial charge is 0.378 e. The lowest BCUT2D eigenvalue weighted by atomic mass is 9.77. The molecular formula is C22H19N5O3. The molecule has 5 rings (SSSR count). The number of hydrogen-bond acceptors (Lipinski definition) is 6. The number of carbonyl (C=O) groups is 1. The molecule has 0 radical (unpaired) electrons. The topological polar surface area (TPSA) is 111 Å². The monoisotopic (exact) mass is 401 g/mol. The summed E-state index contributed by atoms with van der Waals surface area (Å²) in [6.45, 7) is 2.29. The van der Waals surface area contributed by atoms with E-state index < -0.39 is 17.7 Å². The average Bonchev–Trinajstić information content (AvgIpc) is 2.78. The number of hydrogen-bond donors (Lipinski definition) is 2. The summed E-state index contributed by atoms with van der Waals surface area (Å²) in [5.74, 6) is -1.57. The first-order valence-corrected chi connectivity index (χ1v) is 9.82. The van der Waals surface area contributed by atoms with E-state index in [0.29, 0.717) is 37.8 Å². The van der Waals surface area contributed by atoms with Gasteiger partial charge in [0.15, 0.2) is 0 Å². The van der Waals surface area contributed by atoms with E-state index in [4.69, 9.17) is 4.74 Å². The summed E-state index contributed by atoms with van der Waals surface area (Å²) in [4.78, 5) is 35.3. The second-order valence-corrected chi connectivity index (χ2v) is 7.39. The smallest absolute Gasteiger partial charge is 0.258 e. The van der Waals surface area contributed by atoms with E-state index in [2.05, 4.69) is 21.4 Å². The molecule has 1 fully saturated rings. The molecule has 2 aliphatic rings. The van der Waals surface area contributed by atoms with Gasteiger partial charge in [0.2, 0.25) is 11.9 Å². The van der Waals surface area contributed by atoms with Gasteiger partial charge in [-0.05, 0) is 16.3 Å². The minimum Gasteiger partial charge on any atom is -0.378 e. The maximum absolute atomic E-state index is 13.2. The van der Waals surface area contributed by atoms with Crippen LogP contribution in [-0.4, -0.2) is 42.2 Å². The maximum Gasteiger partial charge on any atom is 0.258 e. The van der Waals surface area contributed by atoms with Gasteiger partial charge < -0.3 is 15.0 Å². The van der Waals surface area contributed by atoms with Crippen molar-refractivity contribution in [3.63, 3.8) is 0 Å². The summed E-state index contributed by atoms with van der Waals surface area (Å²) in [6, 6.07) is 15.5. The molecule has 0 spiro atoms. The molecule has 2 aliphatic heterocycles. The van der Waals surface area contributed by atoms with Gasteiger partial charge in [0.1, 0.15) is 11.7 Å². The van der Waals surface area contributed by atoms with E-state index in [0.717, 1.165) is 16.3 Å². The number of aromatic nitrogens is 2. The Balaban J connectivity index is 1.71. The molecule has 150 valence electrons. The highest BCUT2D eigenvalue weighted by molar-refractivity contribution is 5.99. The van der Waals surface area contributed by atoms with Crippen LogP contribution in [0.25, 0.3) is 10.8 Å². The lowest BCUT2D eigenvalue weighted by molar-refractivity contribution is -0.119. The molecule has 8 nitrogen and oxygen atoms in total. The fraction of sp³-hybridized carbons (Fsp3) is 0.273. The molecule has 3 heterocycles. The first-order chi connectivity index (χ1) is 14.7. The van der Waals surface area contributed by atoms with Crippen molar-refractivity contribution in [1.29, 1.82) is 5.26 Å². The Morgan fingerprint density at radius 2 is 1.87 bits per heavy atom. The van der Waals surface area contributed by atoms with Crippen LogP contribution in [0.5, 0.6) is 0 Å². The number of ether oxygens (including phenoxy) is 1. The lowest BCUT2D eigenvalue weighted by Gasteiger charge is -2.31. The lowest BCUT2D eigenvalue weighted by Crippen LogP contribution is -2.41. The molecule has 1 saturated heterocycles. The number of aromatic amines is 1. The number of amides is 1. The number of nitriles is 1. The Hall–Kier alpha value is -3.70. The number of benzene rings is 2. The second-order valence-electron chi connectivity index (χ2n) is 7.39. The number of H-pyrrole nitrogens is 1. The zero-order valence-corrected chi connectivity index (χ0v) is 16.1. The van der Waals surface area contributed by atoms with Crippen molar-refractivity contribution >= 4 is 28.4 Å². The summed E-state index contributed by atoms with van der Waals surface area (Å²) >= 11 is 0. The van der Waals surface area contributed by atoms with Gasteiger partial charge in [0.05, 0.1) is 24.8 Å². The van der Waals surface area contributed by atoms with Gasteiger partial charge in [-0.1, -0.05) is 42.5 Å². The van der Waals surface area contributed by atoms with Crippen molar-refractivity contribution in [3.05, 3.63) is 63.9 Å². The molecule has 8 heteroatoms. The predicted molar refractivity (Wildman–Crippen MR) is 111 cm³/mol. The highest BCUT2D eigenvalue weighted by atomic mass is 16.5. The van der Waals surface area contributed by atoms with Crippen LogP contribution in [0.4, 0.5) is 11.8 Å². The van der Waals surface area contributed by atoms with Crippen molar-refractivity contribution in [1.82, 2.24) is 9.97 Å². The molecule has 0 aliphatic carbocycles. The third-order valence-corrected chi connectivity index (χ3v) is 5.72. The fourth-order valence-electron chi connectivity index (χ4n) is 4.28. The molecule has 1 amide bonds. The maximum atomic E-state index is 13.2. The van der Waals surface area contributed by atoms with Crippen LogP contribution in [0.1, 0.15) is 17.0 Å². The van der Waals surface area contributed by atoms with Crippen LogP contribution in [-0.2, 0) is 9.53 Å². The normalized spacial score (nSPS) is 21.0. The number of nitrogens with one attached hydrogen (secondary N) is 2. The van der Waals surface area contributed by atoms with E-state index in [-0.39, 0.29) is 11.4 Å². The number of anilines is 2. The van der Waals surface area contributed by atoms with Crippen molar-refractivity contribution in [2.45, 2.75) is 5.92 Å². The van der Waals surface area contributed by atoms with E-state index in [1.807, 2.05) is 47.4 Å². The molecule has 1 aromatic heterocycles. The Kier molecular flexibility index (Phi) is 4.45. The third kappa shape index (κ3) is 2.91. The van der Waals surface area contributed by atoms with Gasteiger partial charge in [-0.3, -0.25) is 14.6 Å². The van der Waals surface area contributed by atoms with E-state index in [9.17, 15) is 14.9 Å². The van der Waals surface area contributed by atoms with Crippen LogP contribution < -0.4 is 15.8 Å². The number of fused-ring (bicyclic) bond motifs is 2. The van der Waals surface area contributed by atoms with Gasteiger partial charge in [-0.25, -0.2) is 0 Å². The molecule has 30 heavy (non-hydrogen) atoms. The Morgan fingerprint density at radius 1 is 1.10 bits per heavy atom. The van der Waals surface area contributed by atoms with E-state index in [1.54, 1.807) is 0 Å². The Morgan fingerprint density at radius 3 is 2.67 bits per heavy atom. The standard InChI is InChI=1S/C22H19N5O3/c23-12-16-17(15-7-3-5-13-4-1-2-6-14(13)15)18-19(24-20(16)28)25-22(26-21(18)29)27-8-10-30-11-9-27/h1-7,16-17H,8-11H2,(H2,24,25,26,28,29)/t16-,17-/m1/s1. The molecule has 2 atom stereocenters. The highest BCUT2D eigenvalue weighted by Gasteiger charge is 2.41. The van der Waals surface area contributed by atoms with Gasteiger partial charge in [-0.2, -0.15) is 10.2 Å². The van der Waals surface area contributed by atoms with Gasteiger partial charge in [-0.15, -0.1) is 0 Å². The van der Waals surface area contributed by atoms with Crippen LogP contribution in [0.15, 0.2) is 47.3 Å². The summed E-state index contributed by atoms with van der Waals surface area (Å²) in [5, 5.41) is 14.3. The molecule has 2 N–H and O–H groups in total. The SMILES string of the molecule is N#C[C@H]1C(=O)Nc2nc(N3CCOCC3)[nH]c(=O)c2[C@@H]1c1cccc2ccccc12. The zero-order chi connectivity index (χ0) is 20.7. The number of morpholine rings is 1. The Bertz CT molecular complexity index is 1230. The number of carbonyl (C=O) groups excluding carboxylic acids is 1. The predicted octanol–water partition coefficient (Wildman–Crippen LogP) is 1.98. The zero-order valence-electron chi connectivity index (χ0n) is 16.1. The molecule has 3 aromatic rings. The minimum absolute atomic E-state index is 0.217. The van der Waals surface area contributed by atoms with Crippen molar-refractivity contribution in [3.8, 4) is 6.07 Å². The van der Waals surface area contributed by atoms with Gasteiger partial charge >= 0.3 is 0 Å². The minimum atomic E-state index is -1.03. The quantitative estimate of drug-likeness (QED) is 0.679. The molecule has 2 aromatic carbocycles. The second kappa shape index (κ2) is 7.28. The van der Waals surface area contributed by atoms with E-state index >= 15 is 0 Å². The van der Waals surface area contributed by atoms with Gasteiger partial charge in [0, 0.05) is 19.0 Å². The van der Waals surface area contributed by atoms with Crippen LogP contribution in [0.2, 0.25) is 0 Å². The first kappa shape index (κ1) is 18.3.